The lowest BCUT2D eigenvalue weighted by Crippen LogP contribution is -2.35. The summed E-state index contributed by atoms with van der Waals surface area (Å²) in [5.74, 6) is -0.323. The molecule has 1 aromatic heterocycles. The molecule has 2 heterocycles. The van der Waals surface area contributed by atoms with Gasteiger partial charge in [-0.2, -0.15) is 0 Å². The van der Waals surface area contributed by atoms with E-state index in [4.69, 9.17) is 21.4 Å². The van der Waals surface area contributed by atoms with Gasteiger partial charge in [-0.1, -0.05) is 37.6 Å². The Labute approximate surface area is 194 Å². The van der Waals surface area contributed by atoms with Crippen LogP contribution in [0.4, 0.5) is 0 Å². The van der Waals surface area contributed by atoms with E-state index in [1.54, 1.807) is 42.0 Å². The van der Waals surface area contributed by atoms with Crippen molar-refractivity contribution in [2.24, 2.45) is 5.92 Å². The summed E-state index contributed by atoms with van der Waals surface area (Å²) in [6.45, 7) is 7.09. The number of carboxylic acid groups (broad SMARTS) is 1. The molecular formula is C25H33ClN2O4. The minimum atomic E-state index is -0.948. The maximum atomic E-state index is 13.0. The van der Waals surface area contributed by atoms with E-state index in [0.29, 0.717) is 38.1 Å². The summed E-state index contributed by atoms with van der Waals surface area (Å²) in [5.41, 5.74) is 2.93. The van der Waals surface area contributed by atoms with Crippen molar-refractivity contribution in [3.05, 3.63) is 68.1 Å². The van der Waals surface area contributed by atoms with Crippen LogP contribution in [0.2, 0.25) is 5.02 Å². The third-order valence-corrected chi connectivity index (χ3v) is 6.44. The Kier molecular flexibility index (Phi) is 8.51. The van der Waals surface area contributed by atoms with Crippen molar-refractivity contribution in [3.63, 3.8) is 0 Å². The van der Waals surface area contributed by atoms with Gasteiger partial charge in [0.2, 0.25) is 0 Å². The van der Waals surface area contributed by atoms with Gasteiger partial charge in [0.1, 0.15) is 5.02 Å². The summed E-state index contributed by atoms with van der Waals surface area (Å²) in [4.78, 5) is 26.6. The van der Waals surface area contributed by atoms with Crippen LogP contribution in [-0.2, 0) is 30.9 Å². The second kappa shape index (κ2) is 11.1. The highest BCUT2D eigenvalue weighted by Gasteiger charge is 2.27. The Morgan fingerprint density at radius 1 is 1.28 bits per heavy atom. The smallest absolute Gasteiger partial charge is 0.335 e. The van der Waals surface area contributed by atoms with Crippen molar-refractivity contribution in [1.82, 2.24) is 9.47 Å². The number of methoxy groups -OCH3 is 1. The number of hydrogen-bond acceptors (Lipinski definition) is 4. The molecule has 2 aromatic rings. The van der Waals surface area contributed by atoms with Gasteiger partial charge in [-0.3, -0.25) is 9.69 Å². The fraction of sp³-hybridized carbons (Fsp3) is 0.520. The molecule has 1 atom stereocenters. The molecule has 174 valence electrons. The number of nitrogens with zero attached hydrogens (tertiary/aromatic N) is 2. The van der Waals surface area contributed by atoms with Gasteiger partial charge in [-0.25, -0.2) is 4.79 Å². The molecule has 0 bridgehead atoms. The van der Waals surface area contributed by atoms with Gasteiger partial charge in [-0.15, -0.1) is 0 Å². The number of aryl methyl sites for hydroxylation is 1. The van der Waals surface area contributed by atoms with E-state index in [0.717, 1.165) is 29.8 Å². The third-order valence-electron chi connectivity index (χ3n) is 6.17. The molecule has 0 amide bonds. The van der Waals surface area contributed by atoms with E-state index in [-0.39, 0.29) is 16.1 Å². The number of hydrogen-bond donors (Lipinski definition) is 1. The molecule has 0 unspecified atom stereocenters. The Hall–Kier alpha value is -2.15. The molecule has 32 heavy (non-hydrogen) atoms. The van der Waals surface area contributed by atoms with Crippen molar-refractivity contribution >= 4 is 17.6 Å². The van der Waals surface area contributed by atoms with Crippen molar-refractivity contribution in [2.45, 2.75) is 65.3 Å². The molecule has 1 fully saturated rings. The second-order valence-corrected chi connectivity index (χ2v) is 9.41. The Bertz CT molecular complexity index is 985. The zero-order valence-electron chi connectivity index (χ0n) is 19.1. The molecule has 1 aliphatic rings. The van der Waals surface area contributed by atoms with E-state index in [1.165, 1.54) is 12.8 Å². The minimum Gasteiger partial charge on any atom is -0.478 e. The molecule has 1 N–H and O–H groups in total. The maximum Gasteiger partial charge on any atom is 0.335 e. The number of benzene rings is 1. The van der Waals surface area contributed by atoms with Gasteiger partial charge in [0.15, 0.2) is 0 Å². The predicted octanol–water partition coefficient (Wildman–Crippen LogP) is 4.60. The standard InChI is InChI=1S/C25H33ClN2O4/c1-17(2)13-21-5-4-11-27(21)15-23-20(16-32-3)14-22(26)24(29)28(23)12-10-18-6-8-19(9-7-18)25(30)31/h6-9,14,17,21H,4-5,10-13,15-16H2,1-3H3,(H,30,31)/t21-/m1/s1. The van der Waals surface area contributed by atoms with Crippen LogP contribution < -0.4 is 5.56 Å². The fourth-order valence-corrected chi connectivity index (χ4v) is 4.82. The fourth-order valence-electron chi connectivity index (χ4n) is 4.59. The summed E-state index contributed by atoms with van der Waals surface area (Å²) < 4.78 is 7.21. The quantitative estimate of drug-likeness (QED) is 0.561. The molecule has 1 aromatic carbocycles. The molecule has 7 heteroatoms. The number of carbonyl (C=O) groups is 1. The zero-order valence-corrected chi connectivity index (χ0v) is 19.9. The molecule has 1 aliphatic heterocycles. The molecule has 0 spiro atoms. The number of aromatic nitrogens is 1. The predicted molar refractivity (Wildman–Crippen MR) is 126 cm³/mol. The van der Waals surface area contributed by atoms with Crippen molar-refractivity contribution in [2.75, 3.05) is 13.7 Å². The van der Waals surface area contributed by atoms with E-state index < -0.39 is 5.97 Å². The van der Waals surface area contributed by atoms with Crippen LogP contribution in [0.1, 0.15) is 60.3 Å². The molecule has 1 saturated heterocycles. The first-order valence-corrected chi connectivity index (χ1v) is 11.6. The Morgan fingerprint density at radius 2 is 2.00 bits per heavy atom. The summed E-state index contributed by atoms with van der Waals surface area (Å²) in [5, 5.41) is 9.30. The van der Waals surface area contributed by atoms with Gasteiger partial charge in [0.05, 0.1) is 12.2 Å². The highest BCUT2D eigenvalue weighted by Crippen LogP contribution is 2.27. The normalized spacial score (nSPS) is 16.7. The van der Waals surface area contributed by atoms with Crippen LogP contribution >= 0.6 is 11.6 Å². The second-order valence-electron chi connectivity index (χ2n) is 9.00. The van der Waals surface area contributed by atoms with Crippen molar-refractivity contribution in [1.29, 1.82) is 0 Å². The molecule has 3 rings (SSSR count). The average molecular weight is 461 g/mol. The number of rotatable bonds is 10. The van der Waals surface area contributed by atoms with E-state index in [9.17, 15) is 9.59 Å². The topological polar surface area (TPSA) is 71.8 Å². The van der Waals surface area contributed by atoms with Gasteiger partial charge in [0, 0.05) is 37.5 Å². The molecular weight excluding hydrogens is 428 g/mol. The number of halogens is 1. The molecule has 6 nitrogen and oxygen atoms in total. The lowest BCUT2D eigenvalue weighted by atomic mass is 10.0. The first-order valence-electron chi connectivity index (χ1n) is 11.3. The molecule has 0 aliphatic carbocycles. The van der Waals surface area contributed by atoms with E-state index in [2.05, 4.69) is 18.7 Å². The SMILES string of the molecule is COCc1cc(Cl)c(=O)n(CCc2ccc(C(=O)O)cc2)c1CN1CCC[C@@H]1CC(C)C. The number of carboxylic acids is 1. The van der Waals surface area contributed by atoms with E-state index >= 15 is 0 Å². The number of ether oxygens (including phenoxy) is 1. The van der Waals surface area contributed by atoms with Crippen molar-refractivity contribution < 1.29 is 14.6 Å². The Balaban J connectivity index is 1.89. The zero-order chi connectivity index (χ0) is 23.3. The van der Waals surface area contributed by atoms with Crippen LogP contribution in [0.3, 0.4) is 0 Å². The van der Waals surface area contributed by atoms with E-state index in [1.807, 2.05) is 0 Å². The summed E-state index contributed by atoms with van der Waals surface area (Å²) in [6.07, 6.45) is 4.11. The minimum absolute atomic E-state index is 0.191. The lowest BCUT2D eigenvalue weighted by molar-refractivity contribution is 0.0697. The van der Waals surface area contributed by atoms with Crippen molar-refractivity contribution in [3.8, 4) is 0 Å². The maximum absolute atomic E-state index is 13.0. The highest BCUT2D eigenvalue weighted by molar-refractivity contribution is 6.30. The third kappa shape index (κ3) is 6.00. The van der Waals surface area contributed by atoms with Gasteiger partial charge < -0.3 is 14.4 Å². The van der Waals surface area contributed by atoms with Gasteiger partial charge >= 0.3 is 5.97 Å². The van der Waals surface area contributed by atoms with Gasteiger partial charge in [0.25, 0.3) is 5.56 Å². The van der Waals surface area contributed by atoms with Crippen LogP contribution in [0.5, 0.6) is 0 Å². The van der Waals surface area contributed by atoms with Crippen LogP contribution in [0.25, 0.3) is 0 Å². The summed E-state index contributed by atoms with van der Waals surface area (Å²) >= 11 is 6.31. The number of pyridine rings is 1. The highest BCUT2D eigenvalue weighted by atomic mass is 35.5. The Morgan fingerprint density at radius 3 is 2.62 bits per heavy atom. The monoisotopic (exact) mass is 460 g/mol. The molecule has 0 radical (unpaired) electrons. The summed E-state index contributed by atoms with van der Waals surface area (Å²) in [6, 6.07) is 9.05. The largest absolute Gasteiger partial charge is 0.478 e. The average Bonchev–Trinajstić information content (AvgIpc) is 3.17. The lowest BCUT2D eigenvalue weighted by Gasteiger charge is -2.28. The summed E-state index contributed by atoms with van der Waals surface area (Å²) in [7, 11) is 1.65. The first-order chi connectivity index (χ1) is 15.3. The molecule has 0 saturated carbocycles. The van der Waals surface area contributed by atoms with Crippen LogP contribution in [-0.4, -0.2) is 40.2 Å². The van der Waals surface area contributed by atoms with Crippen LogP contribution in [0, 0.1) is 5.92 Å². The van der Waals surface area contributed by atoms with Crippen LogP contribution in [0.15, 0.2) is 35.1 Å². The number of aromatic carboxylic acids is 1. The first kappa shape index (κ1) is 24.5. The van der Waals surface area contributed by atoms with Gasteiger partial charge in [-0.05, 0) is 61.9 Å². The number of likely N-dealkylation sites (tertiary alicyclic amines) is 1.